The summed E-state index contributed by atoms with van der Waals surface area (Å²) in [6, 6.07) is 9.12. The molecule has 0 aromatic heterocycles. The Morgan fingerprint density at radius 3 is 2.25 bits per heavy atom. The van der Waals surface area contributed by atoms with Gasteiger partial charge >= 0.3 is 5.97 Å². The van der Waals surface area contributed by atoms with Crippen LogP contribution >= 0.6 is 0 Å². The molecule has 1 aromatic rings. The lowest BCUT2D eigenvalue weighted by Crippen LogP contribution is -2.48. The molecule has 1 unspecified atom stereocenters. The van der Waals surface area contributed by atoms with Crippen molar-refractivity contribution in [3.05, 3.63) is 35.9 Å². The van der Waals surface area contributed by atoms with E-state index >= 15 is 0 Å². The zero-order valence-electron chi connectivity index (χ0n) is 12.6. The molecule has 0 aliphatic heterocycles. The van der Waals surface area contributed by atoms with Crippen LogP contribution in [0.4, 0.5) is 0 Å². The van der Waals surface area contributed by atoms with E-state index in [1.54, 1.807) is 11.8 Å². The number of rotatable bonds is 6. The molecule has 110 valence electrons. The van der Waals surface area contributed by atoms with Crippen LogP contribution in [0.5, 0.6) is 0 Å². The molecule has 0 heterocycles. The smallest absolute Gasteiger partial charge is 0.328 e. The van der Waals surface area contributed by atoms with Gasteiger partial charge < -0.3 is 9.64 Å². The van der Waals surface area contributed by atoms with Crippen molar-refractivity contribution in [1.29, 1.82) is 0 Å². The van der Waals surface area contributed by atoms with Gasteiger partial charge in [-0.3, -0.25) is 4.79 Å². The minimum atomic E-state index is -0.548. The molecule has 0 saturated heterocycles. The first-order valence-electron chi connectivity index (χ1n) is 6.92. The SMILES string of the molecule is CCC(=O)N(Cc1ccccc1)C(C(=O)OC)C(C)C. The Bertz CT molecular complexity index is 442. The zero-order valence-corrected chi connectivity index (χ0v) is 12.6. The second-order valence-electron chi connectivity index (χ2n) is 5.07. The largest absolute Gasteiger partial charge is 0.467 e. The van der Waals surface area contributed by atoms with Crippen molar-refractivity contribution in [3.63, 3.8) is 0 Å². The standard InChI is InChI=1S/C16H23NO3/c1-5-14(18)17(11-13-9-7-6-8-10-13)15(12(2)3)16(19)20-4/h6-10,12,15H,5,11H2,1-4H3. The molecule has 0 fully saturated rings. The Morgan fingerprint density at radius 2 is 1.80 bits per heavy atom. The highest BCUT2D eigenvalue weighted by Crippen LogP contribution is 2.17. The Hall–Kier alpha value is -1.84. The second kappa shape index (κ2) is 7.68. The summed E-state index contributed by atoms with van der Waals surface area (Å²) in [7, 11) is 1.36. The van der Waals surface area contributed by atoms with Crippen LogP contribution in [0.1, 0.15) is 32.8 Å². The van der Waals surface area contributed by atoms with Gasteiger partial charge in [0.05, 0.1) is 7.11 Å². The van der Waals surface area contributed by atoms with Gasteiger partial charge in [-0.2, -0.15) is 0 Å². The number of amides is 1. The number of carbonyl (C=O) groups is 2. The fraction of sp³-hybridized carbons (Fsp3) is 0.500. The summed E-state index contributed by atoms with van der Waals surface area (Å²) in [6.07, 6.45) is 0.368. The molecule has 4 heteroatoms. The molecule has 0 N–H and O–H groups in total. The van der Waals surface area contributed by atoms with Crippen molar-refractivity contribution in [3.8, 4) is 0 Å². The molecule has 1 rings (SSSR count). The van der Waals surface area contributed by atoms with Gasteiger partial charge in [-0.05, 0) is 11.5 Å². The van der Waals surface area contributed by atoms with Crippen molar-refractivity contribution in [2.75, 3.05) is 7.11 Å². The molecule has 0 aliphatic carbocycles. The van der Waals surface area contributed by atoms with Crippen molar-refractivity contribution in [2.45, 2.75) is 39.8 Å². The molecular weight excluding hydrogens is 254 g/mol. The molecule has 0 saturated carbocycles. The first-order chi connectivity index (χ1) is 9.51. The number of benzene rings is 1. The molecule has 1 atom stereocenters. The van der Waals surface area contributed by atoms with Crippen LogP contribution in [-0.2, 0) is 20.9 Å². The van der Waals surface area contributed by atoms with Crippen molar-refractivity contribution in [1.82, 2.24) is 4.90 Å². The molecule has 1 amide bonds. The maximum atomic E-state index is 12.2. The molecule has 1 aromatic carbocycles. The normalized spacial score (nSPS) is 12.1. The van der Waals surface area contributed by atoms with Crippen LogP contribution < -0.4 is 0 Å². The summed E-state index contributed by atoms with van der Waals surface area (Å²) < 4.78 is 4.85. The first kappa shape index (κ1) is 16.2. The Balaban J connectivity index is 3.04. The van der Waals surface area contributed by atoms with E-state index in [0.717, 1.165) is 5.56 Å². The van der Waals surface area contributed by atoms with Gasteiger partial charge in [0.15, 0.2) is 0 Å². The third-order valence-corrected chi connectivity index (χ3v) is 3.23. The molecular formula is C16H23NO3. The first-order valence-corrected chi connectivity index (χ1v) is 6.92. The van der Waals surface area contributed by atoms with Crippen LogP contribution in [0.25, 0.3) is 0 Å². The van der Waals surface area contributed by atoms with E-state index in [4.69, 9.17) is 4.74 Å². The number of hydrogen-bond donors (Lipinski definition) is 0. The third-order valence-electron chi connectivity index (χ3n) is 3.23. The summed E-state index contributed by atoms with van der Waals surface area (Å²) in [4.78, 5) is 25.8. The maximum absolute atomic E-state index is 12.2. The van der Waals surface area contributed by atoms with Crippen molar-refractivity contribution >= 4 is 11.9 Å². The van der Waals surface area contributed by atoms with Crippen LogP contribution in [0.3, 0.4) is 0 Å². The Kier molecular flexibility index (Phi) is 6.22. The molecule has 4 nitrogen and oxygen atoms in total. The van der Waals surface area contributed by atoms with Crippen molar-refractivity contribution in [2.24, 2.45) is 5.92 Å². The summed E-state index contributed by atoms with van der Waals surface area (Å²) in [5.41, 5.74) is 1.00. The summed E-state index contributed by atoms with van der Waals surface area (Å²) in [5, 5.41) is 0. The highest BCUT2D eigenvalue weighted by atomic mass is 16.5. The van der Waals surface area contributed by atoms with Gasteiger partial charge in [0.2, 0.25) is 5.91 Å². The molecule has 20 heavy (non-hydrogen) atoms. The van der Waals surface area contributed by atoms with E-state index in [-0.39, 0.29) is 17.8 Å². The summed E-state index contributed by atoms with van der Waals surface area (Å²) in [5.74, 6) is -0.405. The average molecular weight is 277 g/mol. The van der Waals surface area contributed by atoms with Gasteiger partial charge in [0, 0.05) is 13.0 Å². The highest BCUT2D eigenvalue weighted by molar-refractivity contribution is 5.84. The predicted octanol–water partition coefficient (Wildman–Crippen LogP) is 2.62. The minimum absolute atomic E-state index is 0.00154. The number of carbonyl (C=O) groups excluding carboxylic acids is 2. The summed E-state index contributed by atoms with van der Waals surface area (Å²) in [6.45, 7) is 6.06. The summed E-state index contributed by atoms with van der Waals surface area (Å²) >= 11 is 0. The van der Waals surface area contributed by atoms with Gasteiger partial charge in [0.1, 0.15) is 6.04 Å². The van der Waals surface area contributed by atoms with E-state index in [0.29, 0.717) is 13.0 Å². The Labute approximate surface area is 120 Å². The second-order valence-corrected chi connectivity index (χ2v) is 5.07. The van der Waals surface area contributed by atoms with Crippen LogP contribution in [0.15, 0.2) is 30.3 Å². The molecule has 0 spiro atoms. The van der Waals surface area contributed by atoms with Crippen LogP contribution in [0.2, 0.25) is 0 Å². The fourth-order valence-corrected chi connectivity index (χ4v) is 2.20. The van der Waals surface area contributed by atoms with E-state index in [1.807, 2.05) is 44.2 Å². The van der Waals surface area contributed by atoms with E-state index < -0.39 is 6.04 Å². The predicted molar refractivity (Wildman–Crippen MR) is 77.9 cm³/mol. The lowest BCUT2D eigenvalue weighted by Gasteiger charge is -2.32. The number of esters is 1. The number of ether oxygens (including phenoxy) is 1. The molecule has 0 bridgehead atoms. The zero-order chi connectivity index (χ0) is 15.1. The fourth-order valence-electron chi connectivity index (χ4n) is 2.20. The van der Waals surface area contributed by atoms with Gasteiger partial charge in [0.25, 0.3) is 0 Å². The van der Waals surface area contributed by atoms with E-state index in [2.05, 4.69) is 0 Å². The Morgan fingerprint density at radius 1 is 1.20 bits per heavy atom. The quantitative estimate of drug-likeness (QED) is 0.751. The number of methoxy groups -OCH3 is 1. The molecule has 0 radical (unpaired) electrons. The lowest BCUT2D eigenvalue weighted by atomic mass is 10.0. The number of hydrogen-bond acceptors (Lipinski definition) is 3. The van der Waals surface area contributed by atoms with Gasteiger partial charge in [-0.1, -0.05) is 51.1 Å². The van der Waals surface area contributed by atoms with E-state index in [1.165, 1.54) is 7.11 Å². The highest BCUT2D eigenvalue weighted by Gasteiger charge is 2.32. The number of nitrogens with zero attached hydrogens (tertiary/aromatic N) is 1. The molecule has 0 aliphatic rings. The van der Waals surface area contributed by atoms with Crippen molar-refractivity contribution < 1.29 is 14.3 Å². The minimum Gasteiger partial charge on any atom is -0.467 e. The van der Waals surface area contributed by atoms with Gasteiger partial charge in [-0.15, -0.1) is 0 Å². The van der Waals surface area contributed by atoms with E-state index in [9.17, 15) is 9.59 Å². The van der Waals surface area contributed by atoms with Gasteiger partial charge in [-0.25, -0.2) is 4.79 Å². The lowest BCUT2D eigenvalue weighted by molar-refractivity contribution is -0.155. The van der Waals surface area contributed by atoms with Crippen LogP contribution in [-0.4, -0.2) is 29.9 Å². The monoisotopic (exact) mass is 277 g/mol. The average Bonchev–Trinajstić information content (AvgIpc) is 2.46. The van der Waals surface area contributed by atoms with Crippen LogP contribution in [0, 0.1) is 5.92 Å². The maximum Gasteiger partial charge on any atom is 0.328 e. The topological polar surface area (TPSA) is 46.6 Å². The third kappa shape index (κ3) is 4.08.